The Morgan fingerprint density at radius 1 is 1.17 bits per heavy atom. The molecule has 5 heteroatoms. The summed E-state index contributed by atoms with van der Waals surface area (Å²) in [7, 11) is 0. The van der Waals surface area contributed by atoms with E-state index >= 15 is 0 Å². The maximum absolute atomic E-state index is 11.9. The lowest BCUT2D eigenvalue weighted by Crippen LogP contribution is -2.10. The number of carbonyl (C=O) groups excluding carboxylic acids is 2. The van der Waals surface area contributed by atoms with Gasteiger partial charge in [0.1, 0.15) is 0 Å². The van der Waals surface area contributed by atoms with Crippen LogP contribution in [0.3, 0.4) is 0 Å². The lowest BCUT2D eigenvalue weighted by atomic mass is 10.2. The Balaban J connectivity index is 2.08. The van der Waals surface area contributed by atoms with Crippen LogP contribution >= 0.6 is 11.6 Å². The lowest BCUT2D eigenvalue weighted by Gasteiger charge is -2.07. The van der Waals surface area contributed by atoms with Gasteiger partial charge < -0.3 is 10.1 Å². The third-order valence-corrected chi connectivity index (χ3v) is 3.29. The van der Waals surface area contributed by atoms with Crippen molar-refractivity contribution in [1.82, 2.24) is 0 Å². The second-order valence-electron chi connectivity index (χ2n) is 4.65. The maximum Gasteiger partial charge on any atom is 0.339 e. The molecule has 0 aliphatic rings. The number of nitrogens with one attached hydrogen (secondary N) is 1. The van der Waals surface area contributed by atoms with Gasteiger partial charge in [0.25, 0.3) is 0 Å². The van der Waals surface area contributed by atoms with Crippen LogP contribution in [0.15, 0.2) is 54.6 Å². The molecule has 0 spiro atoms. The minimum Gasteiger partial charge on any atom is -0.462 e. The molecule has 23 heavy (non-hydrogen) atoms. The number of hydrogen-bond donors (Lipinski definition) is 1. The standard InChI is InChI=1S/C18H16ClNO3/c1-2-23-18(22)15-12-14(9-10-16(15)19)20-17(21)11-8-13-6-4-3-5-7-13/h3-12H,2H2,1H3,(H,20,21)/b11-8+. The topological polar surface area (TPSA) is 55.4 Å². The van der Waals surface area contributed by atoms with Gasteiger partial charge in [0.05, 0.1) is 17.2 Å². The van der Waals surface area contributed by atoms with Gasteiger partial charge in [-0.3, -0.25) is 4.79 Å². The van der Waals surface area contributed by atoms with Gasteiger partial charge in [-0.2, -0.15) is 0 Å². The fourth-order valence-corrected chi connectivity index (χ4v) is 2.08. The fraction of sp³-hybridized carbons (Fsp3) is 0.111. The Morgan fingerprint density at radius 2 is 1.91 bits per heavy atom. The zero-order chi connectivity index (χ0) is 16.7. The molecule has 1 amide bonds. The van der Waals surface area contributed by atoms with Crippen LogP contribution < -0.4 is 5.32 Å². The molecule has 4 nitrogen and oxygen atoms in total. The van der Waals surface area contributed by atoms with Gasteiger partial charge in [-0.05, 0) is 36.8 Å². The molecule has 2 aromatic rings. The molecule has 0 aliphatic carbocycles. The molecular weight excluding hydrogens is 314 g/mol. The van der Waals surface area contributed by atoms with E-state index in [-0.39, 0.29) is 23.1 Å². The van der Waals surface area contributed by atoms with E-state index < -0.39 is 5.97 Å². The first-order valence-electron chi connectivity index (χ1n) is 7.11. The van der Waals surface area contributed by atoms with Crippen LogP contribution in [-0.2, 0) is 9.53 Å². The van der Waals surface area contributed by atoms with Crippen LogP contribution in [0.25, 0.3) is 6.08 Å². The van der Waals surface area contributed by atoms with Crippen molar-refractivity contribution in [3.05, 3.63) is 70.8 Å². The Morgan fingerprint density at radius 3 is 2.61 bits per heavy atom. The van der Waals surface area contributed by atoms with Crippen LogP contribution in [0.2, 0.25) is 5.02 Å². The SMILES string of the molecule is CCOC(=O)c1cc(NC(=O)/C=C/c2ccccc2)ccc1Cl. The highest BCUT2D eigenvalue weighted by atomic mass is 35.5. The predicted octanol–water partition coefficient (Wildman–Crippen LogP) is 4.17. The van der Waals surface area contributed by atoms with Crippen molar-refractivity contribution >= 4 is 35.2 Å². The Bertz CT molecular complexity index is 726. The summed E-state index contributed by atoms with van der Waals surface area (Å²) < 4.78 is 4.92. The van der Waals surface area contributed by atoms with Crippen molar-refractivity contribution in [2.24, 2.45) is 0 Å². The summed E-state index contributed by atoms with van der Waals surface area (Å²) >= 11 is 5.98. The van der Waals surface area contributed by atoms with E-state index in [0.717, 1.165) is 5.56 Å². The number of esters is 1. The van der Waals surface area contributed by atoms with Crippen LogP contribution in [-0.4, -0.2) is 18.5 Å². The molecule has 1 N–H and O–H groups in total. The summed E-state index contributed by atoms with van der Waals surface area (Å²) in [6.07, 6.45) is 3.13. The molecule has 0 saturated heterocycles. The second kappa shape index (κ2) is 8.15. The quantitative estimate of drug-likeness (QED) is 0.661. The predicted molar refractivity (Wildman–Crippen MR) is 91.5 cm³/mol. The van der Waals surface area contributed by atoms with E-state index in [1.54, 1.807) is 25.1 Å². The van der Waals surface area contributed by atoms with Gasteiger partial charge in [0.15, 0.2) is 0 Å². The maximum atomic E-state index is 11.9. The largest absolute Gasteiger partial charge is 0.462 e. The van der Waals surface area contributed by atoms with Crippen molar-refractivity contribution in [2.45, 2.75) is 6.92 Å². The van der Waals surface area contributed by atoms with Crippen molar-refractivity contribution in [3.8, 4) is 0 Å². The van der Waals surface area contributed by atoms with Crippen LogP contribution in [0.5, 0.6) is 0 Å². The minimum absolute atomic E-state index is 0.221. The molecule has 2 rings (SSSR count). The highest BCUT2D eigenvalue weighted by Crippen LogP contribution is 2.21. The van der Waals surface area contributed by atoms with Crippen molar-refractivity contribution in [3.63, 3.8) is 0 Å². The zero-order valence-corrected chi connectivity index (χ0v) is 13.3. The van der Waals surface area contributed by atoms with Crippen LogP contribution in [0, 0.1) is 0 Å². The number of benzene rings is 2. The number of anilines is 1. The molecule has 0 fully saturated rings. The molecule has 0 saturated carbocycles. The monoisotopic (exact) mass is 329 g/mol. The first-order chi connectivity index (χ1) is 11.1. The zero-order valence-electron chi connectivity index (χ0n) is 12.6. The molecule has 0 radical (unpaired) electrons. The summed E-state index contributed by atoms with van der Waals surface area (Å²) in [4.78, 5) is 23.7. The summed E-state index contributed by atoms with van der Waals surface area (Å²) in [6, 6.07) is 14.1. The Kier molecular flexibility index (Phi) is 5.94. The number of ether oxygens (including phenoxy) is 1. The number of hydrogen-bond acceptors (Lipinski definition) is 3. The van der Waals surface area contributed by atoms with Crippen molar-refractivity contribution in [2.75, 3.05) is 11.9 Å². The number of amides is 1. The van der Waals surface area contributed by atoms with Crippen LogP contribution in [0.4, 0.5) is 5.69 Å². The highest BCUT2D eigenvalue weighted by Gasteiger charge is 2.12. The summed E-state index contributed by atoms with van der Waals surface area (Å²) in [5.74, 6) is -0.820. The number of carbonyl (C=O) groups is 2. The van der Waals surface area contributed by atoms with E-state index in [1.807, 2.05) is 30.3 Å². The second-order valence-corrected chi connectivity index (χ2v) is 5.06. The van der Waals surface area contributed by atoms with Crippen molar-refractivity contribution in [1.29, 1.82) is 0 Å². The first-order valence-corrected chi connectivity index (χ1v) is 7.48. The third kappa shape index (κ3) is 4.97. The van der Waals surface area contributed by atoms with Gasteiger partial charge in [-0.15, -0.1) is 0 Å². The van der Waals surface area contributed by atoms with E-state index in [0.29, 0.717) is 5.69 Å². The minimum atomic E-state index is -0.520. The van der Waals surface area contributed by atoms with E-state index in [1.165, 1.54) is 12.1 Å². The first kappa shape index (κ1) is 16.8. The molecule has 0 bridgehead atoms. The van der Waals surface area contributed by atoms with Gasteiger partial charge >= 0.3 is 5.97 Å². The van der Waals surface area contributed by atoms with E-state index in [4.69, 9.17) is 16.3 Å². The van der Waals surface area contributed by atoms with Gasteiger partial charge in [0.2, 0.25) is 5.91 Å². The molecule has 118 valence electrons. The Hall–Kier alpha value is -2.59. The number of rotatable bonds is 5. The normalized spacial score (nSPS) is 10.5. The fourth-order valence-electron chi connectivity index (χ4n) is 1.89. The molecule has 0 atom stereocenters. The van der Waals surface area contributed by atoms with Crippen molar-refractivity contribution < 1.29 is 14.3 Å². The summed E-state index contributed by atoms with van der Waals surface area (Å²) in [5.41, 5.74) is 1.62. The molecule has 0 heterocycles. The summed E-state index contributed by atoms with van der Waals surface area (Å²) in [6.45, 7) is 1.97. The summed E-state index contributed by atoms with van der Waals surface area (Å²) in [5, 5.41) is 2.96. The molecular formula is C18H16ClNO3. The van der Waals surface area contributed by atoms with Gasteiger partial charge in [0, 0.05) is 11.8 Å². The number of halogens is 1. The smallest absolute Gasteiger partial charge is 0.339 e. The van der Waals surface area contributed by atoms with E-state index in [2.05, 4.69) is 5.32 Å². The molecule has 2 aromatic carbocycles. The Labute approximate surface area is 139 Å². The molecule has 0 aliphatic heterocycles. The van der Waals surface area contributed by atoms with Gasteiger partial charge in [-0.1, -0.05) is 41.9 Å². The highest BCUT2D eigenvalue weighted by molar-refractivity contribution is 6.33. The molecule has 0 unspecified atom stereocenters. The van der Waals surface area contributed by atoms with Gasteiger partial charge in [-0.25, -0.2) is 4.79 Å². The lowest BCUT2D eigenvalue weighted by molar-refractivity contribution is -0.111. The third-order valence-electron chi connectivity index (χ3n) is 2.96. The average Bonchev–Trinajstić information content (AvgIpc) is 2.56. The van der Waals surface area contributed by atoms with Crippen LogP contribution in [0.1, 0.15) is 22.8 Å². The molecule has 0 aromatic heterocycles. The van der Waals surface area contributed by atoms with E-state index in [9.17, 15) is 9.59 Å². The average molecular weight is 330 g/mol.